The van der Waals surface area contributed by atoms with E-state index in [1.165, 1.54) is 11.1 Å². The lowest BCUT2D eigenvalue weighted by atomic mass is 9.91. The first-order valence-corrected chi connectivity index (χ1v) is 10.4. The van der Waals surface area contributed by atoms with Crippen LogP contribution in [0.3, 0.4) is 0 Å². The molecule has 2 aromatic carbocycles. The molecule has 1 spiro atoms. The smallest absolute Gasteiger partial charge is 0.252 e. The topological polar surface area (TPSA) is 50.8 Å². The Morgan fingerprint density at radius 1 is 1.10 bits per heavy atom. The van der Waals surface area contributed by atoms with Crippen LogP contribution in [0.5, 0.6) is 11.5 Å². The highest BCUT2D eigenvalue weighted by Gasteiger charge is 2.42. The van der Waals surface area contributed by atoms with E-state index in [0.29, 0.717) is 6.04 Å². The predicted octanol–water partition coefficient (Wildman–Crippen LogP) is 3.46. The van der Waals surface area contributed by atoms with Gasteiger partial charge in [-0.2, -0.15) is 0 Å². The van der Waals surface area contributed by atoms with Gasteiger partial charge in [0, 0.05) is 24.7 Å². The third kappa shape index (κ3) is 3.97. The van der Waals surface area contributed by atoms with Crippen LogP contribution in [0.15, 0.2) is 42.5 Å². The Morgan fingerprint density at radius 3 is 2.69 bits per heavy atom. The number of rotatable bonds is 5. The molecule has 2 atom stereocenters. The van der Waals surface area contributed by atoms with Crippen molar-refractivity contribution in [2.75, 3.05) is 27.3 Å². The molecule has 1 saturated heterocycles. The standard InChI is InChI=1S/C24H30N2O3/c1-17(14-18-8-9-21(28-2)22(15-18)29-3)26-13-12-24(16-26)11-10-19-6-4-5-7-20(19)23(27)25-24/h4-9,15,17H,10-14,16H2,1-3H3,(H,25,27)/t17-,24-/m1/s1. The molecule has 2 aliphatic heterocycles. The zero-order chi connectivity index (χ0) is 20.4. The van der Waals surface area contributed by atoms with E-state index >= 15 is 0 Å². The van der Waals surface area contributed by atoms with E-state index in [4.69, 9.17) is 9.47 Å². The van der Waals surface area contributed by atoms with E-state index < -0.39 is 0 Å². The van der Waals surface area contributed by atoms with Crippen molar-refractivity contribution in [3.63, 3.8) is 0 Å². The number of fused-ring (bicyclic) bond motifs is 1. The number of benzene rings is 2. The number of carbonyl (C=O) groups is 1. The van der Waals surface area contributed by atoms with Crippen LogP contribution in [-0.2, 0) is 12.8 Å². The van der Waals surface area contributed by atoms with Crippen LogP contribution in [-0.4, -0.2) is 49.7 Å². The molecular weight excluding hydrogens is 364 g/mol. The van der Waals surface area contributed by atoms with Gasteiger partial charge in [-0.3, -0.25) is 9.69 Å². The number of hydrogen-bond donors (Lipinski definition) is 1. The second-order valence-corrected chi connectivity index (χ2v) is 8.35. The Morgan fingerprint density at radius 2 is 1.90 bits per heavy atom. The van der Waals surface area contributed by atoms with Crippen molar-refractivity contribution in [1.29, 1.82) is 0 Å². The summed E-state index contributed by atoms with van der Waals surface area (Å²) in [6.07, 6.45) is 3.88. The van der Waals surface area contributed by atoms with Gasteiger partial charge < -0.3 is 14.8 Å². The van der Waals surface area contributed by atoms with Crippen molar-refractivity contribution in [3.05, 3.63) is 59.2 Å². The quantitative estimate of drug-likeness (QED) is 0.844. The SMILES string of the molecule is COc1ccc(C[C@@H](C)N2CC[C@]3(CCc4ccccc4C(=O)N3)C2)cc1OC. The van der Waals surface area contributed by atoms with Crippen LogP contribution in [0.1, 0.15) is 41.3 Å². The summed E-state index contributed by atoms with van der Waals surface area (Å²) in [6.45, 7) is 4.18. The van der Waals surface area contributed by atoms with Crippen LogP contribution in [0.25, 0.3) is 0 Å². The molecule has 0 radical (unpaired) electrons. The first kappa shape index (κ1) is 19.8. The van der Waals surface area contributed by atoms with E-state index in [2.05, 4.69) is 35.3 Å². The van der Waals surface area contributed by atoms with Gasteiger partial charge in [0.05, 0.1) is 19.8 Å². The molecule has 4 rings (SSSR count). The van der Waals surface area contributed by atoms with Crippen LogP contribution in [0.2, 0.25) is 0 Å². The molecule has 154 valence electrons. The zero-order valence-corrected chi connectivity index (χ0v) is 17.5. The summed E-state index contributed by atoms with van der Waals surface area (Å²) in [7, 11) is 3.32. The van der Waals surface area contributed by atoms with Crippen LogP contribution < -0.4 is 14.8 Å². The van der Waals surface area contributed by atoms with Gasteiger partial charge in [0.25, 0.3) is 5.91 Å². The predicted molar refractivity (Wildman–Crippen MR) is 114 cm³/mol. The maximum absolute atomic E-state index is 12.8. The molecular formula is C24H30N2O3. The lowest BCUT2D eigenvalue weighted by molar-refractivity contribution is 0.0899. The summed E-state index contributed by atoms with van der Waals surface area (Å²) >= 11 is 0. The molecule has 2 heterocycles. The van der Waals surface area contributed by atoms with E-state index in [1.54, 1.807) is 14.2 Å². The summed E-state index contributed by atoms with van der Waals surface area (Å²) < 4.78 is 10.8. The first-order chi connectivity index (χ1) is 14.0. The summed E-state index contributed by atoms with van der Waals surface area (Å²) in [5.74, 6) is 1.60. The van der Waals surface area contributed by atoms with Crippen molar-refractivity contribution in [2.24, 2.45) is 0 Å². The molecule has 0 aromatic heterocycles. The number of ether oxygens (including phenoxy) is 2. The lowest BCUT2D eigenvalue weighted by Gasteiger charge is -2.31. The Labute approximate surface area is 173 Å². The number of aryl methyl sites for hydroxylation is 1. The van der Waals surface area contributed by atoms with Gasteiger partial charge in [-0.05, 0) is 61.9 Å². The monoisotopic (exact) mass is 394 g/mol. The van der Waals surface area contributed by atoms with Crippen molar-refractivity contribution < 1.29 is 14.3 Å². The Bertz CT molecular complexity index is 897. The highest BCUT2D eigenvalue weighted by molar-refractivity contribution is 5.96. The van der Waals surface area contributed by atoms with E-state index in [9.17, 15) is 4.79 Å². The van der Waals surface area contributed by atoms with Gasteiger partial charge in [0.15, 0.2) is 11.5 Å². The fourth-order valence-corrected chi connectivity index (χ4v) is 4.77. The number of likely N-dealkylation sites (tertiary alicyclic amines) is 1. The average molecular weight is 395 g/mol. The van der Waals surface area contributed by atoms with Gasteiger partial charge in [-0.25, -0.2) is 0 Å². The maximum Gasteiger partial charge on any atom is 0.252 e. The molecule has 2 aliphatic rings. The van der Waals surface area contributed by atoms with Crippen LogP contribution in [0, 0.1) is 0 Å². The minimum Gasteiger partial charge on any atom is -0.493 e. The molecule has 0 aliphatic carbocycles. The van der Waals surface area contributed by atoms with Crippen LogP contribution in [0.4, 0.5) is 0 Å². The highest BCUT2D eigenvalue weighted by Crippen LogP contribution is 2.33. The Balaban J connectivity index is 1.44. The van der Waals surface area contributed by atoms with Crippen LogP contribution >= 0.6 is 0 Å². The Hall–Kier alpha value is -2.53. The fourth-order valence-electron chi connectivity index (χ4n) is 4.77. The number of nitrogens with one attached hydrogen (secondary N) is 1. The summed E-state index contributed by atoms with van der Waals surface area (Å²) in [4.78, 5) is 15.3. The third-order valence-electron chi connectivity index (χ3n) is 6.50. The minimum absolute atomic E-state index is 0.0764. The number of methoxy groups -OCH3 is 2. The average Bonchev–Trinajstić information content (AvgIpc) is 3.10. The minimum atomic E-state index is -0.123. The molecule has 2 aromatic rings. The van der Waals surface area contributed by atoms with Gasteiger partial charge in [0.1, 0.15) is 0 Å². The van der Waals surface area contributed by atoms with Gasteiger partial charge >= 0.3 is 0 Å². The molecule has 1 fully saturated rings. The second kappa shape index (κ2) is 8.07. The third-order valence-corrected chi connectivity index (χ3v) is 6.50. The van der Waals surface area contributed by atoms with Crippen molar-refractivity contribution >= 4 is 5.91 Å². The largest absolute Gasteiger partial charge is 0.493 e. The van der Waals surface area contributed by atoms with Crippen molar-refractivity contribution in [3.8, 4) is 11.5 Å². The summed E-state index contributed by atoms with van der Waals surface area (Å²) in [6, 6.07) is 14.5. The van der Waals surface area contributed by atoms with E-state index in [-0.39, 0.29) is 11.4 Å². The molecule has 5 heteroatoms. The number of nitrogens with zero attached hydrogens (tertiary/aromatic N) is 1. The molecule has 0 unspecified atom stereocenters. The number of amides is 1. The highest BCUT2D eigenvalue weighted by atomic mass is 16.5. The zero-order valence-electron chi connectivity index (χ0n) is 17.5. The first-order valence-electron chi connectivity index (χ1n) is 10.4. The van der Waals surface area contributed by atoms with Crippen molar-refractivity contribution in [1.82, 2.24) is 10.2 Å². The second-order valence-electron chi connectivity index (χ2n) is 8.35. The molecule has 1 N–H and O–H groups in total. The molecule has 1 amide bonds. The van der Waals surface area contributed by atoms with Gasteiger partial charge in [0.2, 0.25) is 0 Å². The van der Waals surface area contributed by atoms with Gasteiger partial charge in [-0.1, -0.05) is 24.3 Å². The maximum atomic E-state index is 12.8. The number of carbonyl (C=O) groups excluding carboxylic acids is 1. The van der Waals surface area contributed by atoms with Gasteiger partial charge in [-0.15, -0.1) is 0 Å². The summed E-state index contributed by atoms with van der Waals surface area (Å²) in [5, 5.41) is 3.38. The van der Waals surface area contributed by atoms with Crippen molar-refractivity contribution in [2.45, 2.75) is 44.2 Å². The molecule has 0 saturated carbocycles. The lowest BCUT2D eigenvalue weighted by Crippen LogP contribution is -2.50. The molecule has 5 nitrogen and oxygen atoms in total. The molecule has 0 bridgehead atoms. The van der Waals surface area contributed by atoms with E-state index in [0.717, 1.165) is 55.8 Å². The van der Waals surface area contributed by atoms with E-state index in [1.807, 2.05) is 24.3 Å². The summed E-state index contributed by atoms with van der Waals surface area (Å²) in [5.41, 5.74) is 3.11. The normalized spacial score (nSPS) is 22.7. The Kier molecular flexibility index (Phi) is 5.50. The number of hydrogen-bond acceptors (Lipinski definition) is 4. The fraction of sp³-hybridized carbons (Fsp3) is 0.458. The molecule has 29 heavy (non-hydrogen) atoms.